The van der Waals surface area contributed by atoms with E-state index in [-0.39, 0.29) is 0 Å². The number of ether oxygens (including phenoxy) is 1. The van der Waals surface area contributed by atoms with E-state index >= 15 is 0 Å². The van der Waals surface area contributed by atoms with Crippen LogP contribution < -0.4 is 10.5 Å². The first-order valence-corrected chi connectivity index (χ1v) is 4.08. The summed E-state index contributed by atoms with van der Waals surface area (Å²) in [5.74, 6) is 0.506. The third-order valence-corrected chi connectivity index (χ3v) is 1.55. The highest BCUT2D eigenvalue weighted by Crippen LogP contribution is 2.16. The Hall–Kier alpha value is -2.04. The Morgan fingerprint density at radius 1 is 1.14 bits per heavy atom. The third-order valence-electron chi connectivity index (χ3n) is 1.55. The van der Waals surface area contributed by atoms with Crippen LogP contribution in [0.1, 0.15) is 11.1 Å². The highest BCUT2D eigenvalue weighted by Gasteiger charge is 2.00. The number of nitrogens with zero attached hydrogens (tertiary/aromatic N) is 2. The molecule has 0 atom stereocenters. The van der Waals surface area contributed by atoms with Crippen LogP contribution in [0.3, 0.4) is 0 Å². The Labute approximate surface area is 82.1 Å². The van der Waals surface area contributed by atoms with Crippen molar-refractivity contribution in [3.05, 3.63) is 29.3 Å². The molecule has 2 N–H and O–H groups in total. The van der Waals surface area contributed by atoms with Crippen molar-refractivity contribution in [2.75, 3.05) is 13.2 Å². The molecule has 0 aliphatic rings. The van der Waals surface area contributed by atoms with Gasteiger partial charge in [0.05, 0.1) is 23.3 Å². The lowest BCUT2D eigenvalue weighted by atomic mass is 10.1. The maximum Gasteiger partial charge on any atom is 0.122 e. The van der Waals surface area contributed by atoms with Crippen molar-refractivity contribution < 1.29 is 4.74 Å². The molecule has 70 valence electrons. The first kappa shape index (κ1) is 10.0. The SMILES string of the molecule is N#Cc1cc(C#N)cc(OCCN)c1. The first-order chi connectivity index (χ1) is 6.80. The average Bonchev–Trinajstić information content (AvgIpc) is 2.25. The van der Waals surface area contributed by atoms with Crippen LogP contribution in [0.4, 0.5) is 0 Å². The summed E-state index contributed by atoms with van der Waals surface area (Å²) >= 11 is 0. The molecule has 0 bridgehead atoms. The molecule has 0 aromatic heterocycles. The summed E-state index contributed by atoms with van der Waals surface area (Å²) in [7, 11) is 0. The molecule has 0 aliphatic carbocycles. The van der Waals surface area contributed by atoms with Crippen molar-refractivity contribution >= 4 is 0 Å². The van der Waals surface area contributed by atoms with Crippen molar-refractivity contribution in [2.24, 2.45) is 5.73 Å². The molecule has 0 spiro atoms. The van der Waals surface area contributed by atoms with Crippen LogP contribution >= 0.6 is 0 Å². The minimum atomic E-state index is 0.375. The second-order valence-electron chi connectivity index (χ2n) is 2.61. The quantitative estimate of drug-likeness (QED) is 0.757. The lowest BCUT2D eigenvalue weighted by Crippen LogP contribution is -2.10. The van der Waals surface area contributed by atoms with E-state index in [0.717, 1.165) is 0 Å². The topological polar surface area (TPSA) is 82.8 Å². The highest BCUT2D eigenvalue weighted by atomic mass is 16.5. The van der Waals surface area contributed by atoms with E-state index in [1.165, 1.54) is 6.07 Å². The molecule has 4 nitrogen and oxygen atoms in total. The zero-order chi connectivity index (χ0) is 10.4. The zero-order valence-corrected chi connectivity index (χ0v) is 7.53. The van der Waals surface area contributed by atoms with Gasteiger partial charge >= 0.3 is 0 Å². The number of benzene rings is 1. The fourth-order valence-corrected chi connectivity index (χ4v) is 0.988. The zero-order valence-electron chi connectivity index (χ0n) is 7.53. The molecule has 0 amide bonds. The van der Waals surface area contributed by atoms with Crippen LogP contribution in [0, 0.1) is 22.7 Å². The largest absolute Gasteiger partial charge is 0.492 e. The summed E-state index contributed by atoms with van der Waals surface area (Å²) in [6, 6.07) is 8.58. The van der Waals surface area contributed by atoms with Gasteiger partial charge in [-0.1, -0.05) is 0 Å². The lowest BCUT2D eigenvalue weighted by molar-refractivity contribution is 0.328. The van der Waals surface area contributed by atoms with Gasteiger partial charge < -0.3 is 10.5 Å². The average molecular weight is 187 g/mol. The maximum absolute atomic E-state index is 8.67. The van der Waals surface area contributed by atoms with E-state index in [1.807, 2.05) is 12.1 Å². The van der Waals surface area contributed by atoms with Crippen LogP contribution in [0.5, 0.6) is 5.75 Å². The van der Waals surface area contributed by atoms with Crippen molar-refractivity contribution in [2.45, 2.75) is 0 Å². The molecule has 0 aliphatic heterocycles. The van der Waals surface area contributed by atoms with Gasteiger partial charge in [-0.15, -0.1) is 0 Å². The van der Waals surface area contributed by atoms with Gasteiger partial charge in [0.25, 0.3) is 0 Å². The normalized spacial score (nSPS) is 8.79. The van der Waals surface area contributed by atoms with Crippen LogP contribution in [0.2, 0.25) is 0 Å². The maximum atomic E-state index is 8.67. The van der Waals surface area contributed by atoms with Gasteiger partial charge in [-0.25, -0.2) is 0 Å². The monoisotopic (exact) mass is 187 g/mol. The van der Waals surface area contributed by atoms with Gasteiger partial charge in [-0.3, -0.25) is 0 Å². The molecule has 4 heteroatoms. The smallest absolute Gasteiger partial charge is 0.122 e. The number of nitrogens with two attached hydrogens (primary N) is 1. The molecule has 0 saturated heterocycles. The van der Waals surface area contributed by atoms with Crippen molar-refractivity contribution in [3.8, 4) is 17.9 Å². The summed E-state index contributed by atoms with van der Waals surface area (Å²) in [6.45, 7) is 0.776. The summed E-state index contributed by atoms with van der Waals surface area (Å²) in [6.07, 6.45) is 0. The van der Waals surface area contributed by atoms with E-state index in [9.17, 15) is 0 Å². The Bertz CT molecular complexity index is 369. The fourth-order valence-electron chi connectivity index (χ4n) is 0.988. The standard InChI is InChI=1S/C10H9N3O/c11-1-2-14-10-4-8(6-12)3-9(5-10)7-13/h3-5H,1-2,11H2. The Kier molecular flexibility index (Phi) is 3.49. The van der Waals surface area contributed by atoms with Gasteiger partial charge in [0.15, 0.2) is 0 Å². The summed E-state index contributed by atoms with van der Waals surface area (Å²) < 4.78 is 5.21. The van der Waals surface area contributed by atoms with E-state index in [4.69, 9.17) is 21.0 Å². The predicted molar refractivity (Wildman–Crippen MR) is 50.4 cm³/mol. The summed E-state index contributed by atoms with van der Waals surface area (Å²) in [4.78, 5) is 0. The van der Waals surface area contributed by atoms with Crippen molar-refractivity contribution in [3.63, 3.8) is 0 Å². The van der Waals surface area contributed by atoms with Crippen LogP contribution in [-0.4, -0.2) is 13.2 Å². The third kappa shape index (κ3) is 2.48. The molecule has 0 heterocycles. The Balaban J connectivity index is 2.95. The molecule has 1 aromatic carbocycles. The molecular weight excluding hydrogens is 178 g/mol. The Morgan fingerprint density at radius 2 is 1.71 bits per heavy atom. The molecule has 0 fully saturated rings. The minimum absolute atomic E-state index is 0.375. The first-order valence-electron chi connectivity index (χ1n) is 4.08. The van der Waals surface area contributed by atoms with Gasteiger partial charge in [-0.05, 0) is 18.2 Å². The van der Waals surface area contributed by atoms with Crippen LogP contribution in [-0.2, 0) is 0 Å². The number of rotatable bonds is 3. The number of hydrogen-bond donors (Lipinski definition) is 1. The van der Waals surface area contributed by atoms with E-state index < -0.39 is 0 Å². The van der Waals surface area contributed by atoms with Crippen LogP contribution in [0.15, 0.2) is 18.2 Å². The second-order valence-corrected chi connectivity index (χ2v) is 2.61. The number of hydrogen-bond acceptors (Lipinski definition) is 4. The van der Waals surface area contributed by atoms with E-state index in [0.29, 0.717) is 30.0 Å². The molecule has 0 unspecified atom stereocenters. The van der Waals surface area contributed by atoms with Crippen molar-refractivity contribution in [1.29, 1.82) is 10.5 Å². The molecule has 14 heavy (non-hydrogen) atoms. The fraction of sp³-hybridized carbons (Fsp3) is 0.200. The molecule has 1 aromatic rings. The summed E-state index contributed by atoms with van der Waals surface area (Å²) in [5, 5.41) is 17.3. The molecule has 0 radical (unpaired) electrons. The second kappa shape index (κ2) is 4.86. The lowest BCUT2D eigenvalue weighted by Gasteiger charge is -2.04. The molecule has 0 saturated carbocycles. The summed E-state index contributed by atoms with van der Waals surface area (Å²) in [5.41, 5.74) is 6.09. The highest BCUT2D eigenvalue weighted by molar-refractivity contribution is 5.45. The van der Waals surface area contributed by atoms with Crippen LogP contribution in [0.25, 0.3) is 0 Å². The van der Waals surface area contributed by atoms with Gasteiger partial charge in [0.1, 0.15) is 12.4 Å². The van der Waals surface area contributed by atoms with E-state index in [1.54, 1.807) is 12.1 Å². The predicted octanol–water partition coefficient (Wildman–Crippen LogP) is 0.767. The Morgan fingerprint density at radius 3 is 2.14 bits per heavy atom. The van der Waals surface area contributed by atoms with Gasteiger partial charge in [0, 0.05) is 6.54 Å². The molecular formula is C10H9N3O. The van der Waals surface area contributed by atoms with Gasteiger partial charge in [-0.2, -0.15) is 10.5 Å². The van der Waals surface area contributed by atoms with Gasteiger partial charge in [0.2, 0.25) is 0 Å². The van der Waals surface area contributed by atoms with Crippen molar-refractivity contribution in [1.82, 2.24) is 0 Å². The number of nitriles is 2. The van der Waals surface area contributed by atoms with E-state index in [2.05, 4.69) is 0 Å². The molecule has 1 rings (SSSR count). The minimum Gasteiger partial charge on any atom is -0.492 e.